The first-order valence-corrected chi connectivity index (χ1v) is 7.86. The van der Waals surface area contributed by atoms with Gasteiger partial charge >= 0.3 is 0 Å². The zero-order valence-electron chi connectivity index (χ0n) is 11.9. The maximum atomic E-state index is 12.2. The summed E-state index contributed by atoms with van der Waals surface area (Å²) in [4.78, 5) is 24.5. The number of benzene rings is 2. The lowest BCUT2D eigenvalue weighted by Crippen LogP contribution is -2.27. The SMILES string of the molecule is Cc1ccc(N2C(=O)CS[C@@H]2c2cccc([N+](=O)[O-])c2)cc1. The summed E-state index contributed by atoms with van der Waals surface area (Å²) in [6.45, 7) is 1.99. The van der Waals surface area contributed by atoms with Crippen molar-refractivity contribution in [2.75, 3.05) is 10.7 Å². The molecule has 6 heteroatoms. The highest BCUT2D eigenvalue weighted by atomic mass is 32.2. The van der Waals surface area contributed by atoms with Crippen LogP contribution in [0.4, 0.5) is 11.4 Å². The lowest BCUT2D eigenvalue weighted by molar-refractivity contribution is -0.384. The molecular weight excluding hydrogens is 300 g/mol. The molecule has 1 amide bonds. The van der Waals surface area contributed by atoms with Crippen LogP contribution < -0.4 is 4.90 Å². The van der Waals surface area contributed by atoms with Gasteiger partial charge in [0, 0.05) is 17.8 Å². The van der Waals surface area contributed by atoms with E-state index in [0.717, 1.165) is 16.8 Å². The van der Waals surface area contributed by atoms with Gasteiger partial charge in [-0.05, 0) is 24.6 Å². The molecule has 1 fully saturated rings. The number of anilines is 1. The third kappa shape index (κ3) is 2.69. The second-order valence-electron chi connectivity index (χ2n) is 5.11. The van der Waals surface area contributed by atoms with E-state index < -0.39 is 4.92 Å². The summed E-state index contributed by atoms with van der Waals surface area (Å²) in [5.41, 5.74) is 2.75. The van der Waals surface area contributed by atoms with Crippen LogP contribution in [-0.4, -0.2) is 16.6 Å². The van der Waals surface area contributed by atoms with E-state index in [1.54, 1.807) is 11.0 Å². The van der Waals surface area contributed by atoms with Crippen LogP contribution in [0.3, 0.4) is 0 Å². The van der Waals surface area contributed by atoms with Crippen molar-refractivity contribution in [1.29, 1.82) is 0 Å². The minimum absolute atomic E-state index is 0.0189. The molecule has 3 rings (SSSR count). The fourth-order valence-corrected chi connectivity index (χ4v) is 3.61. The smallest absolute Gasteiger partial charge is 0.269 e. The van der Waals surface area contributed by atoms with Crippen molar-refractivity contribution in [2.45, 2.75) is 12.3 Å². The van der Waals surface area contributed by atoms with E-state index in [1.807, 2.05) is 37.3 Å². The minimum atomic E-state index is -0.416. The van der Waals surface area contributed by atoms with Crippen molar-refractivity contribution in [2.24, 2.45) is 0 Å². The summed E-state index contributed by atoms with van der Waals surface area (Å²) in [5.74, 6) is 0.395. The molecule has 0 aromatic heterocycles. The number of amides is 1. The van der Waals surface area contributed by atoms with E-state index in [1.165, 1.54) is 23.9 Å². The molecule has 22 heavy (non-hydrogen) atoms. The summed E-state index contributed by atoms with van der Waals surface area (Å²) in [5, 5.41) is 10.7. The predicted molar refractivity (Wildman–Crippen MR) is 87.0 cm³/mol. The van der Waals surface area contributed by atoms with Gasteiger partial charge in [0.1, 0.15) is 5.37 Å². The molecule has 0 bridgehead atoms. The highest BCUT2D eigenvalue weighted by Crippen LogP contribution is 2.42. The third-order valence-corrected chi connectivity index (χ3v) is 4.76. The first kappa shape index (κ1) is 14.6. The van der Waals surface area contributed by atoms with Gasteiger partial charge in [-0.15, -0.1) is 11.8 Å². The largest absolute Gasteiger partial charge is 0.295 e. The molecule has 112 valence electrons. The Bertz CT molecular complexity index is 730. The van der Waals surface area contributed by atoms with Crippen molar-refractivity contribution in [3.8, 4) is 0 Å². The summed E-state index contributed by atoms with van der Waals surface area (Å²) in [6, 6.07) is 14.2. The molecule has 0 unspecified atom stereocenters. The second kappa shape index (κ2) is 5.81. The number of aryl methyl sites for hydroxylation is 1. The average Bonchev–Trinajstić information content (AvgIpc) is 2.90. The van der Waals surface area contributed by atoms with Gasteiger partial charge in [0.05, 0.1) is 10.7 Å². The number of carbonyl (C=O) groups excluding carboxylic acids is 1. The van der Waals surface area contributed by atoms with Crippen LogP contribution in [0.2, 0.25) is 0 Å². The van der Waals surface area contributed by atoms with Crippen LogP contribution in [0.5, 0.6) is 0 Å². The highest BCUT2D eigenvalue weighted by molar-refractivity contribution is 8.00. The number of nitrogens with zero attached hydrogens (tertiary/aromatic N) is 2. The Balaban J connectivity index is 1.98. The van der Waals surface area contributed by atoms with Gasteiger partial charge in [-0.25, -0.2) is 0 Å². The first-order valence-electron chi connectivity index (χ1n) is 6.81. The third-order valence-electron chi connectivity index (χ3n) is 3.55. The van der Waals surface area contributed by atoms with Gasteiger partial charge in [0.25, 0.3) is 5.69 Å². The fourth-order valence-electron chi connectivity index (χ4n) is 2.45. The Morgan fingerprint density at radius 1 is 1.23 bits per heavy atom. The lowest BCUT2D eigenvalue weighted by atomic mass is 10.1. The van der Waals surface area contributed by atoms with E-state index in [-0.39, 0.29) is 17.0 Å². The Labute approximate surface area is 132 Å². The van der Waals surface area contributed by atoms with E-state index in [2.05, 4.69) is 0 Å². The number of nitro benzene ring substituents is 1. The maximum absolute atomic E-state index is 12.2. The quantitative estimate of drug-likeness (QED) is 0.640. The van der Waals surface area contributed by atoms with E-state index in [0.29, 0.717) is 5.75 Å². The van der Waals surface area contributed by atoms with Crippen LogP contribution >= 0.6 is 11.8 Å². The van der Waals surface area contributed by atoms with Gasteiger partial charge in [0.15, 0.2) is 0 Å². The first-order chi connectivity index (χ1) is 10.6. The van der Waals surface area contributed by atoms with Crippen LogP contribution in [0.15, 0.2) is 48.5 Å². The molecule has 0 radical (unpaired) electrons. The van der Waals surface area contributed by atoms with E-state index >= 15 is 0 Å². The molecule has 1 aliphatic rings. The van der Waals surface area contributed by atoms with Gasteiger partial charge in [-0.2, -0.15) is 0 Å². The molecule has 2 aromatic rings. The average molecular weight is 314 g/mol. The molecule has 1 aliphatic heterocycles. The van der Waals surface area contributed by atoms with Crippen LogP contribution in [0.25, 0.3) is 0 Å². The molecule has 2 aromatic carbocycles. The summed E-state index contributed by atoms with van der Waals surface area (Å²) in [7, 11) is 0. The van der Waals surface area contributed by atoms with Gasteiger partial charge in [-0.3, -0.25) is 19.8 Å². The summed E-state index contributed by atoms with van der Waals surface area (Å²) in [6.07, 6.45) is 0. The molecule has 0 spiro atoms. The molecule has 0 saturated carbocycles. The molecule has 0 N–H and O–H groups in total. The maximum Gasteiger partial charge on any atom is 0.269 e. The fraction of sp³-hybridized carbons (Fsp3) is 0.188. The Hall–Kier alpha value is -2.34. The van der Waals surface area contributed by atoms with E-state index in [9.17, 15) is 14.9 Å². The van der Waals surface area contributed by atoms with Crippen molar-refractivity contribution in [3.63, 3.8) is 0 Å². The lowest BCUT2D eigenvalue weighted by Gasteiger charge is -2.24. The van der Waals surface area contributed by atoms with E-state index in [4.69, 9.17) is 0 Å². The minimum Gasteiger partial charge on any atom is -0.295 e. The molecular formula is C16H14N2O3S. The van der Waals surface area contributed by atoms with Gasteiger partial charge < -0.3 is 0 Å². The standard InChI is InChI=1S/C16H14N2O3S/c1-11-5-7-13(8-6-11)17-15(19)10-22-16(17)12-3-2-4-14(9-12)18(20)21/h2-9,16H,10H2,1H3/t16-/m1/s1. The van der Waals surface area contributed by atoms with Crippen molar-refractivity contribution < 1.29 is 9.72 Å². The topological polar surface area (TPSA) is 63.5 Å². The van der Waals surface area contributed by atoms with Crippen LogP contribution in [-0.2, 0) is 4.79 Å². The number of nitro groups is 1. The zero-order chi connectivity index (χ0) is 15.7. The molecule has 5 nitrogen and oxygen atoms in total. The predicted octanol–water partition coefficient (Wildman–Crippen LogP) is 3.68. The molecule has 1 heterocycles. The molecule has 1 saturated heterocycles. The van der Waals surface area contributed by atoms with Crippen molar-refractivity contribution in [1.82, 2.24) is 0 Å². The Morgan fingerprint density at radius 3 is 2.64 bits per heavy atom. The molecule has 1 atom stereocenters. The number of thioether (sulfide) groups is 1. The number of hydrogen-bond acceptors (Lipinski definition) is 4. The van der Waals surface area contributed by atoms with Gasteiger partial charge in [-0.1, -0.05) is 29.8 Å². The normalized spacial score (nSPS) is 17.8. The summed E-state index contributed by atoms with van der Waals surface area (Å²) < 4.78 is 0. The Morgan fingerprint density at radius 2 is 1.95 bits per heavy atom. The zero-order valence-corrected chi connectivity index (χ0v) is 12.7. The number of hydrogen-bond donors (Lipinski definition) is 0. The van der Waals surface area contributed by atoms with Crippen LogP contribution in [0.1, 0.15) is 16.5 Å². The van der Waals surface area contributed by atoms with Crippen molar-refractivity contribution >= 4 is 29.0 Å². The number of carbonyl (C=O) groups is 1. The van der Waals surface area contributed by atoms with Crippen LogP contribution in [0, 0.1) is 17.0 Å². The van der Waals surface area contributed by atoms with Crippen molar-refractivity contribution in [3.05, 3.63) is 69.8 Å². The monoisotopic (exact) mass is 314 g/mol. The Kier molecular flexibility index (Phi) is 3.85. The van der Waals surface area contributed by atoms with Gasteiger partial charge in [0.2, 0.25) is 5.91 Å². The number of rotatable bonds is 3. The second-order valence-corrected chi connectivity index (χ2v) is 6.18. The number of non-ortho nitro benzene ring substituents is 1. The summed E-state index contributed by atoms with van der Waals surface area (Å²) >= 11 is 1.48. The molecule has 0 aliphatic carbocycles. The highest BCUT2D eigenvalue weighted by Gasteiger charge is 2.34.